The van der Waals surface area contributed by atoms with E-state index in [0.717, 1.165) is 4.90 Å². The smallest absolute Gasteiger partial charge is 0.333 e. The van der Waals surface area contributed by atoms with E-state index >= 15 is 0 Å². The van der Waals surface area contributed by atoms with Gasteiger partial charge in [-0.15, -0.1) is 0 Å². The SMILES string of the molecule is CCONC[C@@]1(Br)C(=O)N2[C@@H](C(=O)OCOC(=O)C(C)(C)C)C(C)(C)S(=O)(=O)[C@@H]21. The predicted molar refractivity (Wildman–Crippen MR) is 105 cm³/mol. The fourth-order valence-electron chi connectivity index (χ4n) is 3.26. The van der Waals surface area contributed by atoms with Gasteiger partial charge in [-0.3, -0.25) is 9.59 Å². The fraction of sp³-hybridized carbons (Fsp3) is 0.824. The second-order valence-electron chi connectivity index (χ2n) is 8.50. The molecule has 0 spiro atoms. The zero-order valence-corrected chi connectivity index (χ0v) is 19.7. The number of carbonyl (C=O) groups excluding carboxylic acids is 3. The Balaban J connectivity index is 2.19. The highest BCUT2D eigenvalue weighted by Crippen LogP contribution is 2.53. The number of sulfone groups is 1. The Kier molecular flexibility index (Phi) is 6.45. The highest BCUT2D eigenvalue weighted by molar-refractivity contribution is 9.10. The largest absolute Gasteiger partial charge is 0.427 e. The second-order valence-corrected chi connectivity index (χ2v) is 12.5. The van der Waals surface area contributed by atoms with Crippen molar-refractivity contribution < 1.29 is 37.1 Å². The lowest BCUT2D eigenvalue weighted by Crippen LogP contribution is -2.75. The third-order valence-electron chi connectivity index (χ3n) is 5.00. The summed E-state index contributed by atoms with van der Waals surface area (Å²) in [5.41, 5.74) is 1.77. The van der Waals surface area contributed by atoms with Gasteiger partial charge in [0.15, 0.2) is 19.5 Å². The van der Waals surface area contributed by atoms with Gasteiger partial charge in [0.2, 0.25) is 12.7 Å². The molecule has 2 rings (SSSR count). The summed E-state index contributed by atoms with van der Waals surface area (Å²) in [6.45, 7) is 8.94. The van der Waals surface area contributed by atoms with E-state index < -0.39 is 60.4 Å². The number of amides is 1. The average Bonchev–Trinajstić information content (AvgIpc) is 2.75. The number of ether oxygens (including phenoxy) is 2. The molecule has 0 aromatic rings. The molecule has 2 aliphatic rings. The van der Waals surface area contributed by atoms with Gasteiger partial charge in [0, 0.05) is 6.54 Å². The van der Waals surface area contributed by atoms with Crippen molar-refractivity contribution in [3.63, 3.8) is 0 Å². The lowest BCUT2D eigenvalue weighted by molar-refractivity contribution is -0.180. The minimum absolute atomic E-state index is 0.0961. The van der Waals surface area contributed by atoms with Gasteiger partial charge in [-0.05, 0) is 41.5 Å². The van der Waals surface area contributed by atoms with E-state index in [1.165, 1.54) is 13.8 Å². The van der Waals surface area contributed by atoms with Crippen LogP contribution in [0, 0.1) is 5.41 Å². The van der Waals surface area contributed by atoms with Crippen molar-refractivity contribution in [3.05, 3.63) is 0 Å². The summed E-state index contributed by atoms with van der Waals surface area (Å²) >= 11 is 3.23. The third-order valence-corrected chi connectivity index (χ3v) is 9.26. The standard InChI is InChI=1S/C17H27BrN2O8S/c1-7-28-19-8-17(18)12(22)20-10(16(5,6)29(24,25)13(17)20)11(21)26-9-27-14(23)15(2,3)4/h10,13,19H,7-9H2,1-6H3/t10-,13+,17+/m0/s1. The van der Waals surface area contributed by atoms with Crippen molar-refractivity contribution in [3.8, 4) is 0 Å². The molecule has 0 aliphatic carbocycles. The van der Waals surface area contributed by atoms with E-state index in [9.17, 15) is 22.8 Å². The van der Waals surface area contributed by atoms with Crippen LogP contribution >= 0.6 is 15.9 Å². The summed E-state index contributed by atoms with van der Waals surface area (Å²) in [5.74, 6) is -2.11. The molecule has 1 amide bonds. The van der Waals surface area contributed by atoms with Gasteiger partial charge in [-0.25, -0.2) is 18.7 Å². The Bertz CT molecular complexity index is 807. The van der Waals surface area contributed by atoms with Crippen LogP contribution in [0.15, 0.2) is 0 Å². The van der Waals surface area contributed by atoms with Crippen LogP contribution in [0.25, 0.3) is 0 Å². The van der Waals surface area contributed by atoms with Crippen LogP contribution in [0.5, 0.6) is 0 Å². The summed E-state index contributed by atoms with van der Waals surface area (Å²) < 4.78 is 33.1. The van der Waals surface area contributed by atoms with Crippen LogP contribution in [-0.2, 0) is 38.5 Å². The molecule has 2 heterocycles. The maximum absolute atomic E-state index is 13.1. The first kappa shape index (κ1) is 24.0. The van der Waals surface area contributed by atoms with Crippen LogP contribution in [-0.4, -0.2) is 71.6 Å². The van der Waals surface area contributed by atoms with E-state index in [-0.39, 0.29) is 6.54 Å². The molecule has 2 fully saturated rings. The number of hydrogen-bond donors (Lipinski definition) is 1. The Hall–Kier alpha value is -1.24. The maximum atomic E-state index is 13.1. The molecular formula is C17H27BrN2O8S. The molecule has 0 saturated carbocycles. The number of alkyl halides is 1. The quantitative estimate of drug-likeness (QED) is 0.133. The Labute approximate surface area is 178 Å². The van der Waals surface area contributed by atoms with Gasteiger partial charge in [-0.2, -0.15) is 0 Å². The van der Waals surface area contributed by atoms with Crippen LogP contribution in [0.3, 0.4) is 0 Å². The van der Waals surface area contributed by atoms with Gasteiger partial charge in [-0.1, -0.05) is 15.9 Å². The molecule has 0 unspecified atom stereocenters. The molecule has 0 radical (unpaired) electrons. The molecule has 166 valence electrons. The van der Waals surface area contributed by atoms with Crippen molar-refractivity contribution >= 4 is 43.6 Å². The van der Waals surface area contributed by atoms with E-state index in [4.69, 9.17) is 14.3 Å². The summed E-state index contributed by atoms with van der Waals surface area (Å²) in [4.78, 5) is 43.3. The fourth-order valence-corrected chi connectivity index (χ4v) is 6.83. The molecule has 0 aromatic carbocycles. The molecule has 0 aromatic heterocycles. The lowest BCUT2D eigenvalue weighted by atomic mass is 9.91. The van der Waals surface area contributed by atoms with Crippen LogP contribution < -0.4 is 5.48 Å². The first-order chi connectivity index (χ1) is 13.1. The summed E-state index contributed by atoms with van der Waals surface area (Å²) in [7, 11) is -3.95. The Morgan fingerprint density at radius 2 is 1.83 bits per heavy atom. The number of fused-ring (bicyclic) bond motifs is 1. The van der Waals surface area contributed by atoms with Crippen molar-refractivity contribution in [1.82, 2.24) is 10.4 Å². The molecule has 12 heteroatoms. The van der Waals surface area contributed by atoms with Crippen molar-refractivity contribution in [2.24, 2.45) is 5.41 Å². The molecule has 1 N–H and O–H groups in total. The number of nitrogens with one attached hydrogen (secondary N) is 1. The van der Waals surface area contributed by atoms with Crippen molar-refractivity contribution in [2.75, 3.05) is 19.9 Å². The van der Waals surface area contributed by atoms with E-state index in [0.29, 0.717) is 6.61 Å². The third kappa shape index (κ3) is 3.79. The molecule has 2 saturated heterocycles. The minimum Gasteiger partial charge on any atom is -0.427 e. The summed E-state index contributed by atoms with van der Waals surface area (Å²) in [6, 6.07) is -1.36. The van der Waals surface area contributed by atoms with Crippen molar-refractivity contribution in [2.45, 2.75) is 62.0 Å². The first-order valence-corrected chi connectivity index (χ1v) is 11.4. The van der Waals surface area contributed by atoms with E-state index in [2.05, 4.69) is 21.4 Å². The average molecular weight is 499 g/mol. The molecule has 3 atom stereocenters. The zero-order valence-electron chi connectivity index (χ0n) is 17.3. The molecule has 0 bridgehead atoms. The van der Waals surface area contributed by atoms with Gasteiger partial charge < -0.3 is 19.2 Å². The maximum Gasteiger partial charge on any atom is 0.333 e. The highest BCUT2D eigenvalue weighted by atomic mass is 79.9. The molecule has 29 heavy (non-hydrogen) atoms. The monoisotopic (exact) mass is 498 g/mol. The van der Waals surface area contributed by atoms with Gasteiger partial charge >= 0.3 is 11.9 Å². The van der Waals surface area contributed by atoms with E-state index in [1.807, 2.05) is 0 Å². The number of rotatable bonds is 7. The van der Waals surface area contributed by atoms with Crippen LogP contribution in [0.4, 0.5) is 0 Å². The zero-order chi connectivity index (χ0) is 22.4. The molecular weight excluding hydrogens is 472 g/mol. The second kappa shape index (κ2) is 7.78. The Morgan fingerprint density at radius 1 is 1.24 bits per heavy atom. The number of carbonyl (C=O) groups is 3. The predicted octanol–water partition coefficient (Wildman–Crippen LogP) is 0.495. The van der Waals surface area contributed by atoms with Gasteiger partial charge in [0.05, 0.1) is 12.0 Å². The highest BCUT2D eigenvalue weighted by Gasteiger charge is 2.77. The number of halogens is 1. The van der Waals surface area contributed by atoms with Crippen LogP contribution in [0.1, 0.15) is 41.5 Å². The summed E-state index contributed by atoms with van der Waals surface area (Å²) in [6.07, 6.45) is 0. The molecule has 10 nitrogen and oxygen atoms in total. The van der Waals surface area contributed by atoms with Gasteiger partial charge in [0.25, 0.3) is 0 Å². The lowest BCUT2D eigenvalue weighted by Gasteiger charge is -2.48. The number of hydrogen-bond acceptors (Lipinski definition) is 9. The Morgan fingerprint density at radius 3 is 2.34 bits per heavy atom. The number of hydroxylamine groups is 1. The minimum atomic E-state index is -3.95. The number of esters is 2. The van der Waals surface area contributed by atoms with E-state index in [1.54, 1.807) is 27.7 Å². The first-order valence-electron chi connectivity index (χ1n) is 9.07. The topological polar surface area (TPSA) is 128 Å². The summed E-state index contributed by atoms with van der Waals surface area (Å²) in [5, 5.41) is -1.26. The number of β-lactam (4-membered cyclic amide) rings is 1. The number of nitrogens with zero attached hydrogens (tertiary/aromatic N) is 1. The van der Waals surface area contributed by atoms with Crippen LogP contribution in [0.2, 0.25) is 0 Å². The van der Waals surface area contributed by atoms with Crippen molar-refractivity contribution in [1.29, 1.82) is 0 Å². The molecule has 2 aliphatic heterocycles. The normalized spacial score (nSPS) is 29.8. The van der Waals surface area contributed by atoms with Gasteiger partial charge in [0.1, 0.15) is 10.8 Å².